The fraction of sp³-hybridized carbons (Fsp3) is 0.0714. The Kier molecular flexibility index (Phi) is 3.19. The van der Waals surface area contributed by atoms with Crippen molar-refractivity contribution in [1.82, 2.24) is 0 Å². The molecule has 0 amide bonds. The molecule has 2 rings (SSSR count). The minimum atomic E-state index is -0.540. The van der Waals surface area contributed by atoms with Crippen molar-refractivity contribution in [2.24, 2.45) is 0 Å². The van der Waals surface area contributed by atoms with E-state index >= 15 is 0 Å². The molecule has 0 aliphatic rings. The predicted octanol–water partition coefficient (Wildman–Crippen LogP) is 3.82. The highest BCUT2D eigenvalue weighted by Crippen LogP contribution is 2.28. The first-order valence-corrected chi connectivity index (χ1v) is 5.21. The number of hydrogen-bond donors (Lipinski definition) is 0. The third kappa shape index (κ3) is 2.50. The molecular formula is C14H11FO2. The molecule has 0 aliphatic carbocycles. The van der Waals surface area contributed by atoms with Crippen molar-refractivity contribution in [1.29, 1.82) is 0 Å². The summed E-state index contributed by atoms with van der Waals surface area (Å²) in [5, 5.41) is 0. The lowest BCUT2D eigenvalue weighted by Gasteiger charge is -2.09. The lowest BCUT2D eigenvalue weighted by Crippen LogP contribution is -1.99. The van der Waals surface area contributed by atoms with Gasteiger partial charge in [0, 0.05) is 0 Å². The van der Waals surface area contributed by atoms with Gasteiger partial charge in [-0.1, -0.05) is 24.3 Å². The number of Topliss-reactive ketones (excluding diaryl/α,β-unsaturated/α-hetero) is 1. The van der Waals surface area contributed by atoms with Crippen LogP contribution in [0.1, 0.15) is 17.3 Å². The van der Waals surface area contributed by atoms with Gasteiger partial charge >= 0.3 is 0 Å². The summed E-state index contributed by atoms with van der Waals surface area (Å²) in [6, 6.07) is 13.1. The van der Waals surface area contributed by atoms with E-state index in [1.165, 1.54) is 19.1 Å². The lowest BCUT2D eigenvalue weighted by atomic mass is 10.1. The molecule has 0 aliphatic heterocycles. The van der Waals surface area contributed by atoms with E-state index in [1.54, 1.807) is 30.3 Å². The molecule has 0 bridgehead atoms. The summed E-state index contributed by atoms with van der Waals surface area (Å²) in [6.45, 7) is 1.38. The van der Waals surface area contributed by atoms with Crippen LogP contribution in [0, 0.1) is 5.82 Å². The molecule has 0 saturated carbocycles. The summed E-state index contributed by atoms with van der Waals surface area (Å²) in [7, 11) is 0. The first-order chi connectivity index (χ1) is 8.18. The SMILES string of the molecule is CC(=O)c1cccc(F)c1Oc1ccccc1. The van der Waals surface area contributed by atoms with E-state index in [0.29, 0.717) is 5.75 Å². The van der Waals surface area contributed by atoms with Crippen molar-refractivity contribution in [2.75, 3.05) is 0 Å². The molecule has 0 atom stereocenters. The van der Waals surface area contributed by atoms with E-state index in [9.17, 15) is 9.18 Å². The van der Waals surface area contributed by atoms with Gasteiger partial charge < -0.3 is 4.74 Å². The highest BCUT2D eigenvalue weighted by molar-refractivity contribution is 5.96. The number of ether oxygens (including phenoxy) is 1. The fourth-order valence-corrected chi connectivity index (χ4v) is 1.50. The van der Waals surface area contributed by atoms with Gasteiger partial charge in [0.15, 0.2) is 17.3 Å². The van der Waals surface area contributed by atoms with Gasteiger partial charge in [0.05, 0.1) is 5.56 Å². The molecular weight excluding hydrogens is 219 g/mol. The zero-order valence-corrected chi connectivity index (χ0v) is 9.31. The van der Waals surface area contributed by atoms with Crippen LogP contribution in [0.3, 0.4) is 0 Å². The van der Waals surface area contributed by atoms with Crippen LogP contribution in [0.2, 0.25) is 0 Å². The van der Waals surface area contributed by atoms with Crippen LogP contribution in [0.4, 0.5) is 4.39 Å². The van der Waals surface area contributed by atoms with Crippen LogP contribution >= 0.6 is 0 Å². The van der Waals surface area contributed by atoms with Crippen LogP contribution in [0.25, 0.3) is 0 Å². The number of ketones is 1. The van der Waals surface area contributed by atoms with Crippen LogP contribution in [-0.4, -0.2) is 5.78 Å². The average Bonchev–Trinajstić information content (AvgIpc) is 2.33. The Bertz CT molecular complexity index is 535. The topological polar surface area (TPSA) is 26.3 Å². The third-order valence-electron chi connectivity index (χ3n) is 2.31. The van der Waals surface area contributed by atoms with E-state index in [2.05, 4.69) is 0 Å². The molecule has 0 saturated heterocycles. The second kappa shape index (κ2) is 4.78. The number of carbonyl (C=O) groups excluding carboxylic acids is 1. The number of hydrogen-bond acceptors (Lipinski definition) is 2. The molecule has 2 nitrogen and oxygen atoms in total. The van der Waals surface area contributed by atoms with E-state index in [4.69, 9.17) is 4.74 Å². The molecule has 86 valence electrons. The van der Waals surface area contributed by atoms with E-state index in [0.717, 1.165) is 0 Å². The van der Waals surface area contributed by atoms with Crippen molar-refractivity contribution in [2.45, 2.75) is 6.92 Å². The van der Waals surface area contributed by atoms with E-state index < -0.39 is 5.82 Å². The van der Waals surface area contributed by atoms with Gasteiger partial charge in [-0.3, -0.25) is 4.79 Å². The maximum absolute atomic E-state index is 13.6. The summed E-state index contributed by atoms with van der Waals surface area (Å²) >= 11 is 0. The van der Waals surface area contributed by atoms with Gasteiger partial charge in [-0.2, -0.15) is 0 Å². The van der Waals surface area contributed by atoms with Crippen LogP contribution in [0.5, 0.6) is 11.5 Å². The van der Waals surface area contributed by atoms with Gasteiger partial charge in [0.25, 0.3) is 0 Å². The lowest BCUT2D eigenvalue weighted by molar-refractivity contribution is 0.101. The second-order valence-corrected chi connectivity index (χ2v) is 3.59. The maximum Gasteiger partial charge on any atom is 0.173 e. The Labute approximate surface area is 98.7 Å². The molecule has 3 heteroatoms. The van der Waals surface area contributed by atoms with E-state index in [-0.39, 0.29) is 17.1 Å². The number of benzene rings is 2. The van der Waals surface area contributed by atoms with Crippen LogP contribution < -0.4 is 4.74 Å². The molecule has 2 aromatic rings. The Morgan fingerprint density at radius 1 is 1.06 bits per heavy atom. The Hall–Kier alpha value is -2.16. The highest BCUT2D eigenvalue weighted by Gasteiger charge is 2.13. The molecule has 17 heavy (non-hydrogen) atoms. The van der Waals surface area contributed by atoms with Crippen LogP contribution in [-0.2, 0) is 0 Å². The van der Waals surface area contributed by atoms with Crippen LogP contribution in [0.15, 0.2) is 48.5 Å². The number of para-hydroxylation sites is 2. The van der Waals surface area contributed by atoms with Gasteiger partial charge in [-0.05, 0) is 31.2 Å². The van der Waals surface area contributed by atoms with Crippen molar-refractivity contribution < 1.29 is 13.9 Å². The standard InChI is InChI=1S/C14H11FO2/c1-10(16)12-8-5-9-13(15)14(12)17-11-6-3-2-4-7-11/h2-9H,1H3. The largest absolute Gasteiger partial charge is 0.454 e. The summed E-state index contributed by atoms with van der Waals surface area (Å²) in [5.74, 6) is -0.289. The number of halogens is 1. The normalized spacial score (nSPS) is 10.0. The van der Waals surface area contributed by atoms with Gasteiger partial charge in [0.1, 0.15) is 5.75 Å². The first kappa shape index (κ1) is 11.3. The van der Waals surface area contributed by atoms with E-state index in [1.807, 2.05) is 6.07 Å². The molecule has 2 aromatic carbocycles. The second-order valence-electron chi connectivity index (χ2n) is 3.59. The molecule has 0 spiro atoms. The third-order valence-corrected chi connectivity index (χ3v) is 2.31. The molecule has 0 fully saturated rings. The summed E-state index contributed by atoms with van der Waals surface area (Å²) in [6.07, 6.45) is 0. The molecule has 0 heterocycles. The maximum atomic E-state index is 13.6. The van der Waals surface area contributed by atoms with Crippen molar-refractivity contribution in [3.05, 3.63) is 59.9 Å². The Balaban J connectivity index is 2.41. The number of carbonyl (C=O) groups is 1. The van der Waals surface area contributed by atoms with Crippen molar-refractivity contribution >= 4 is 5.78 Å². The predicted molar refractivity (Wildman–Crippen MR) is 62.9 cm³/mol. The Morgan fingerprint density at radius 2 is 1.76 bits per heavy atom. The monoisotopic (exact) mass is 230 g/mol. The van der Waals surface area contributed by atoms with Crippen molar-refractivity contribution in [3.8, 4) is 11.5 Å². The zero-order chi connectivity index (χ0) is 12.3. The molecule has 0 aromatic heterocycles. The first-order valence-electron chi connectivity index (χ1n) is 5.21. The zero-order valence-electron chi connectivity index (χ0n) is 9.31. The quantitative estimate of drug-likeness (QED) is 0.749. The summed E-state index contributed by atoms with van der Waals surface area (Å²) in [5.41, 5.74) is 0.244. The van der Waals surface area contributed by atoms with Gasteiger partial charge in [-0.25, -0.2) is 4.39 Å². The smallest absolute Gasteiger partial charge is 0.173 e. The average molecular weight is 230 g/mol. The summed E-state index contributed by atoms with van der Waals surface area (Å²) in [4.78, 5) is 11.4. The van der Waals surface area contributed by atoms with Gasteiger partial charge in [0.2, 0.25) is 0 Å². The molecule has 0 radical (unpaired) electrons. The summed E-state index contributed by atoms with van der Waals surface area (Å²) < 4.78 is 19.0. The minimum Gasteiger partial charge on any atom is -0.454 e. The molecule has 0 unspecified atom stereocenters. The fourth-order valence-electron chi connectivity index (χ4n) is 1.50. The molecule has 0 N–H and O–H groups in total. The Morgan fingerprint density at radius 3 is 2.41 bits per heavy atom. The highest BCUT2D eigenvalue weighted by atomic mass is 19.1. The number of rotatable bonds is 3. The van der Waals surface area contributed by atoms with Crippen molar-refractivity contribution in [3.63, 3.8) is 0 Å². The van der Waals surface area contributed by atoms with Gasteiger partial charge in [-0.15, -0.1) is 0 Å². The minimum absolute atomic E-state index is 0.0220.